The summed E-state index contributed by atoms with van der Waals surface area (Å²) in [5.74, 6) is -0.0926. The second-order valence-corrected chi connectivity index (χ2v) is 5.81. The Morgan fingerprint density at radius 1 is 1.00 bits per heavy atom. The predicted molar refractivity (Wildman–Crippen MR) is 94.6 cm³/mol. The number of urea groups is 1. The Bertz CT molecular complexity index is 669. The Morgan fingerprint density at radius 2 is 1.67 bits per heavy atom. The van der Waals surface area contributed by atoms with Crippen LogP contribution in [0.2, 0.25) is 0 Å². The first-order valence-corrected chi connectivity index (χ1v) is 8.01. The summed E-state index contributed by atoms with van der Waals surface area (Å²) in [7, 11) is 0. The SMILES string of the molecule is CC(CCc1ccccc1)NC(=O)c1ccc(CNC(N)=O)cc1. The number of rotatable bonds is 7. The molecule has 126 valence electrons. The Kier molecular flexibility index (Phi) is 6.37. The summed E-state index contributed by atoms with van der Waals surface area (Å²) in [6, 6.07) is 16.9. The van der Waals surface area contributed by atoms with E-state index in [0.717, 1.165) is 18.4 Å². The fourth-order valence-corrected chi connectivity index (χ4v) is 2.37. The monoisotopic (exact) mass is 325 g/mol. The fraction of sp³-hybridized carbons (Fsp3) is 0.263. The molecule has 0 aliphatic rings. The third-order valence-corrected chi connectivity index (χ3v) is 3.77. The van der Waals surface area contributed by atoms with Gasteiger partial charge in [0.15, 0.2) is 0 Å². The molecular formula is C19H23N3O2. The van der Waals surface area contributed by atoms with Crippen LogP contribution >= 0.6 is 0 Å². The molecule has 5 heteroatoms. The molecule has 1 atom stereocenters. The van der Waals surface area contributed by atoms with Crippen LogP contribution in [-0.2, 0) is 13.0 Å². The van der Waals surface area contributed by atoms with Crippen molar-refractivity contribution in [3.05, 3.63) is 71.3 Å². The molecule has 0 aliphatic heterocycles. The highest BCUT2D eigenvalue weighted by Crippen LogP contribution is 2.07. The number of hydrogen-bond donors (Lipinski definition) is 3. The Morgan fingerprint density at radius 3 is 2.29 bits per heavy atom. The van der Waals surface area contributed by atoms with E-state index >= 15 is 0 Å². The van der Waals surface area contributed by atoms with E-state index in [2.05, 4.69) is 22.8 Å². The average molecular weight is 325 g/mol. The van der Waals surface area contributed by atoms with Crippen molar-refractivity contribution in [3.8, 4) is 0 Å². The summed E-state index contributed by atoms with van der Waals surface area (Å²) in [6.45, 7) is 2.36. The molecule has 2 rings (SSSR count). The van der Waals surface area contributed by atoms with Crippen LogP contribution in [0.4, 0.5) is 4.79 Å². The fourth-order valence-electron chi connectivity index (χ4n) is 2.37. The number of carbonyl (C=O) groups excluding carboxylic acids is 2. The van der Waals surface area contributed by atoms with Crippen LogP contribution in [0.5, 0.6) is 0 Å². The number of amides is 3. The lowest BCUT2D eigenvalue weighted by Crippen LogP contribution is -2.33. The van der Waals surface area contributed by atoms with Crippen LogP contribution in [0, 0.1) is 0 Å². The number of nitrogens with two attached hydrogens (primary N) is 1. The van der Waals surface area contributed by atoms with E-state index in [0.29, 0.717) is 12.1 Å². The van der Waals surface area contributed by atoms with Crippen molar-refractivity contribution < 1.29 is 9.59 Å². The summed E-state index contributed by atoms with van der Waals surface area (Å²) in [5.41, 5.74) is 7.79. The van der Waals surface area contributed by atoms with Crippen molar-refractivity contribution in [2.75, 3.05) is 0 Å². The smallest absolute Gasteiger partial charge is 0.312 e. The third-order valence-electron chi connectivity index (χ3n) is 3.77. The average Bonchev–Trinajstić information content (AvgIpc) is 2.59. The van der Waals surface area contributed by atoms with E-state index in [4.69, 9.17) is 5.73 Å². The van der Waals surface area contributed by atoms with Crippen LogP contribution in [0.1, 0.15) is 34.8 Å². The summed E-state index contributed by atoms with van der Waals surface area (Å²) >= 11 is 0. The van der Waals surface area contributed by atoms with E-state index in [1.165, 1.54) is 5.56 Å². The van der Waals surface area contributed by atoms with Crippen molar-refractivity contribution in [1.82, 2.24) is 10.6 Å². The zero-order valence-electron chi connectivity index (χ0n) is 13.8. The van der Waals surface area contributed by atoms with Gasteiger partial charge in [0.2, 0.25) is 0 Å². The molecule has 0 aliphatic carbocycles. The molecule has 24 heavy (non-hydrogen) atoms. The molecule has 0 spiro atoms. The molecule has 0 bridgehead atoms. The van der Waals surface area contributed by atoms with Crippen LogP contribution in [0.25, 0.3) is 0 Å². The van der Waals surface area contributed by atoms with Crippen molar-refractivity contribution in [1.29, 1.82) is 0 Å². The van der Waals surface area contributed by atoms with E-state index in [1.54, 1.807) is 24.3 Å². The lowest BCUT2D eigenvalue weighted by atomic mass is 10.1. The maximum atomic E-state index is 12.2. The molecule has 0 heterocycles. The van der Waals surface area contributed by atoms with Crippen LogP contribution in [0.3, 0.4) is 0 Å². The second-order valence-electron chi connectivity index (χ2n) is 5.81. The maximum Gasteiger partial charge on any atom is 0.312 e. The second kappa shape index (κ2) is 8.72. The highest BCUT2D eigenvalue weighted by atomic mass is 16.2. The first-order chi connectivity index (χ1) is 11.5. The number of primary amides is 1. The first kappa shape index (κ1) is 17.5. The van der Waals surface area contributed by atoms with Gasteiger partial charge in [-0.2, -0.15) is 0 Å². The molecule has 0 radical (unpaired) electrons. The van der Waals surface area contributed by atoms with Crippen LogP contribution in [-0.4, -0.2) is 18.0 Å². The molecule has 0 saturated carbocycles. The molecule has 0 fully saturated rings. The van der Waals surface area contributed by atoms with Gasteiger partial charge in [0.1, 0.15) is 0 Å². The Hall–Kier alpha value is -2.82. The number of aryl methyl sites for hydroxylation is 1. The molecular weight excluding hydrogens is 302 g/mol. The van der Waals surface area contributed by atoms with Gasteiger partial charge >= 0.3 is 6.03 Å². The van der Waals surface area contributed by atoms with Crippen molar-refractivity contribution >= 4 is 11.9 Å². The zero-order chi connectivity index (χ0) is 17.4. The van der Waals surface area contributed by atoms with Crippen molar-refractivity contribution in [3.63, 3.8) is 0 Å². The topological polar surface area (TPSA) is 84.2 Å². The van der Waals surface area contributed by atoms with Gasteiger partial charge in [-0.15, -0.1) is 0 Å². The molecule has 2 aromatic carbocycles. The number of nitrogens with one attached hydrogen (secondary N) is 2. The summed E-state index contributed by atoms with van der Waals surface area (Å²) in [6.07, 6.45) is 1.82. The van der Waals surface area contributed by atoms with Gasteiger partial charge in [0.25, 0.3) is 5.91 Å². The van der Waals surface area contributed by atoms with Gasteiger partial charge in [-0.25, -0.2) is 4.79 Å². The van der Waals surface area contributed by atoms with Gasteiger partial charge in [-0.3, -0.25) is 4.79 Å². The van der Waals surface area contributed by atoms with Crippen LogP contribution < -0.4 is 16.4 Å². The lowest BCUT2D eigenvalue weighted by molar-refractivity contribution is 0.0938. The van der Waals surface area contributed by atoms with Crippen LogP contribution in [0.15, 0.2) is 54.6 Å². The molecule has 5 nitrogen and oxygen atoms in total. The van der Waals surface area contributed by atoms with Gasteiger partial charge in [0.05, 0.1) is 0 Å². The molecule has 0 saturated heterocycles. The number of hydrogen-bond acceptors (Lipinski definition) is 2. The minimum atomic E-state index is -0.566. The van der Waals surface area contributed by atoms with Gasteiger partial charge in [-0.1, -0.05) is 42.5 Å². The van der Waals surface area contributed by atoms with E-state index in [1.807, 2.05) is 25.1 Å². The molecule has 4 N–H and O–H groups in total. The minimum Gasteiger partial charge on any atom is -0.352 e. The predicted octanol–water partition coefficient (Wildman–Crippen LogP) is 2.61. The number of benzene rings is 2. The highest BCUT2D eigenvalue weighted by Gasteiger charge is 2.10. The quantitative estimate of drug-likeness (QED) is 0.731. The largest absolute Gasteiger partial charge is 0.352 e. The molecule has 2 aromatic rings. The minimum absolute atomic E-state index is 0.0916. The highest BCUT2D eigenvalue weighted by molar-refractivity contribution is 5.94. The normalized spacial score (nSPS) is 11.5. The Labute approximate surface area is 142 Å². The molecule has 1 unspecified atom stereocenters. The van der Waals surface area contributed by atoms with Gasteiger partial charge < -0.3 is 16.4 Å². The zero-order valence-corrected chi connectivity index (χ0v) is 13.8. The van der Waals surface area contributed by atoms with E-state index in [9.17, 15) is 9.59 Å². The van der Waals surface area contributed by atoms with E-state index < -0.39 is 6.03 Å². The Balaban J connectivity index is 1.81. The number of carbonyl (C=O) groups is 2. The standard InChI is InChI=1S/C19H23N3O2/c1-14(7-8-15-5-3-2-4-6-15)22-18(23)17-11-9-16(10-12-17)13-21-19(20)24/h2-6,9-12,14H,7-8,13H2,1H3,(H,22,23)(H3,20,21,24). The maximum absolute atomic E-state index is 12.2. The van der Waals surface area contributed by atoms with Gasteiger partial charge in [0, 0.05) is 18.2 Å². The van der Waals surface area contributed by atoms with Crippen molar-refractivity contribution in [2.45, 2.75) is 32.4 Å². The molecule has 3 amide bonds. The van der Waals surface area contributed by atoms with E-state index in [-0.39, 0.29) is 11.9 Å². The molecule has 0 aromatic heterocycles. The first-order valence-electron chi connectivity index (χ1n) is 8.01. The summed E-state index contributed by atoms with van der Waals surface area (Å²) in [4.78, 5) is 22.9. The lowest BCUT2D eigenvalue weighted by Gasteiger charge is -2.14. The van der Waals surface area contributed by atoms with Gasteiger partial charge in [-0.05, 0) is 43.0 Å². The summed E-state index contributed by atoms with van der Waals surface area (Å²) < 4.78 is 0. The summed E-state index contributed by atoms with van der Waals surface area (Å²) in [5, 5.41) is 5.52. The van der Waals surface area contributed by atoms with Crippen molar-refractivity contribution in [2.24, 2.45) is 5.73 Å². The third kappa shape index (κ3) is 5.76.